The van der Waals surface area contributed by atoms with Gasteiger partial charge in [0.15, 0.2) is 0 Å². The lowest BCUT2D eigenvalue weighted by Crippen LogP contribution is -2.48. The molecule has 0 aromatic heterocycles. The van der Waals surface area contributed by atoms with Crippen LogP contribution < -0.4 is 5.73 Å². The number of nitrogens with two attached hydrogens (primary N) is 1. The molecule has 0 bridgehead atoms. The highest BCUT2D eigenvalue weighted by atomic mass is 32.2. The van der Waals surface area contributed by atoms with Gasteiger partial charge in [-0.3, -0.25) is 0 Å². The van der Waals surface area contributed by atoms with E-state index in [4.69, 9.17) is 5.73 Å². The predicted octanol–water partition coefficient (Wildman–Crippen LogP) is 0.778. The van der Waals surface area contributed by atoms with Crippen LogP contribution in [0.1, 0.15) is 38.5 Å². The quantitative estimate of drug-likeness (QED) is 0.824. The molecular formula is C12H25N3O2S. The Labute approximate surface area is 110 Å². The van der Waals surface area contributed by atoms with Crippen molar-refractivity contribution in [1.82, 2.24) is 8.61 Å². The molecule has 0 aliphatic carbocycles. The Balaban J connectivity index is 1.91. The molecule has 2 fully saturated rings. The molecule has 0 aromatic carbocycles. The molecule has 0 saturated carbocycles. The molecule has 106 valence electrons. The first-order valence-electron chi connectivity index (χ1n) is 7.10. The molecular weight excluding hydrogens is 250 g/mol. The Bertz CT molecular complexity index is 344. The minimum atomic E-state index is -3.19. The first-order valence-corrected chi connectivity index (χ1v) is 8.49. The van der Waals surface area contributed by atoms with Gasteiger partial charge in [0.2, 0.25) is 0 Å². The molecule has 0 amide bonds. The van der Waals surface area contributed by atoms with Gasteiger partial charge >= 0.3 is 0 Å². The second-order valence-corrected chi connectivity index (χ2v) is 7.32. The third kappa shape index (κ3) is 3.23. The van der Waals surface area contributed by atoms with Gasteiger partial charge in [-0.1, -0.05) is 6.42 Å². The molecule has 2 N–H and O–H groups in total. The summed E-state index contributed by atoms with van der Waals surface area (Å²) in [5, 5.41) is 0. The molecule has 0 aromatic rings. The van der Waals surface area contributed by atoms with Gasteiger partial charge in [-0.05, 0) is 44.6 Å². The summed E-state index contributed by atoms with van der Waals surface area (Å²) in [5.41, 5.74) is 5.56. The molecule has 0 radical (unpaired) electrons. The Morgan fingerprint density at radius 1 is 0.944 bits per heavy atom. The Hall–Kier alpha value is -0.170. The van der Waals surface area contributed by atoms with Crippen molar-refractivity contribution >= 4 is 10.2 Å². The fourth-order valence-corrected chi connectivity index (χ4v) is 4.64. The average molecular weight is 275 g/mol. The summed E-state index contributed by atoms with van der Waals surface area (Å²) in [4.78, 5) is 0. The van der Waals surface area contributed by atoms with Crippen LogP contribution in [0.5, 0.6) is 0 Å². The summed E-state index contributed by atoms with van der Waals surface area (Å²) >= 11 is 0. The first-order chi connectivity index (χ1) is 8.64. The van der Waals surface area contributed by atoms with Crippen molar-refractivity contribution in [1.29, 1.82) is 0 Å². The first kappa shape index (κ1) is 14.2. The third-order valence-corrected chi connectivity index (χ3v) is 6.15. The van der Waals surface area contributed by atoms with Crippen LogP contribution in [-0.2, 0) is 10.2 Å². The van der Waals surface area contributed by atoms with Crippen LogP contribution in [0, 0.1) is 5.92 Å². The van der Waals surface area contributed by atoms with Crippen molar-refractivity contribution in [2.45, 2.75) is 38.5 Å². The lowest BCUT2D eigenvalue weighted by Gasteiger charge is -2.36. The molecule has 18 heavy (non-hydrogen) atoms. The highest BCUT2D eigenvalue weighted by Crippen LogP contribution is 2.24. The summed E-state index contributed by atoms with van der Waals surface area (Å²) in [6, 6.07) is 0. The Morgan fingerprint density at radius 2 is 1.50 bits per heavy atom. The zero-order chi connectivity index (χ0) is 13.0. The van der Waals surface area contributed by atoms with E-state index in [1.165, 1.54) is 0 Å². The fourth-order valence-electron chi connectivity index (χ4n) is 2.92. The average Bonchev–Trinajstić information content (AvgIpc) is 2.41. The Kier molecular flexibility index (Phi) is 5.00. The second-order valence-electron chi connectivity index (χ2n) is 5.39. The van der Waals surface area contributed by atoms with Gasteiger partial charge in [-0.2, -0.15) is 17.0 Å². The van der Waals surface area contributed by atoms with Gasteiger partial charge in [0, 0.05) is 26.2 Å². The van der Waals surface area contributed by atoms with Crippen molar-refractivity contribution in [3.63, 3.8) is 0 Å². The van der Waals surface area contributed by atoms with E-state index in [1.807, 2.05) is 0 Å². The van der Waals surface area contributed by atoms with E-state index in [2.05, 4.69) is 0 Å². The second kappa shape index (κ2) is 6.32. The zero-order valence-electron chi connectivity index (χ0n) is 11.1. The van der Waals surface area contributed by atoms with E-state index in [1.54, 1.807) is 8.61 Å². The Morgan fingerprint density at radius 3 is 2.06 bits per heavy atom. The summed E-state index contributed by atoms with van der Waals surface area (Å²) in [6.45, 7) is 3.45. The molecule has 0 spiro atoms. The van der Waals surface area contributed by atoms with Gasteiger partial charge in [-0.25, -0.2) is 0 Å². The van der Waals surface area contributed by atoms with Gasteiger partial charge in [-0.15, -0.1) is 0 Å². The molecule has 0 atom stereocenters. The molecule has 6 heteroatoms. The number of hydrogen-bond acceptors (Lipinski definition) is 3. The maximum absolute atomic E-state index is 12.4. The molecule has 2 saturated heterocycles. The molecule has 2 aliphatic heterocycles. The normalized spacial score (nSPS) is 25.4. The summed E-state index contributed by atoms with van der Waals surface area (Å²) in [7, 11) is -3.19. The monoisotopic (exact) mass is 275 g/mol. The molecule has 5 nitrogen and oxygen atoms in total. The molecule has 2 rings (SSSR count). The van der Waals surface area contributed by atoms with E-state index in [-0.39, 0.29) is 0 Å². The van der Waals surface area contributed by atoms with Gasteiger partial charge < -0.3 is 5.73 Å². The highest BCUT2D eigenvalue weighted by molar-refractivity contribution is 7.86. The van der Waals surface area contributed by atoms with Crippen molar-refractivity contribution in [2.24, 2.45) is 11.7 Å². The summed E-state index contributed by atoms with van der Waals surface area (Å²) < 4.78 is 28.2. The molecule has 2 heterocycles. The van der Waals surface area contributed by atoms with Crippen LogP contribution in [0.25, 0.3) is 0 Å². The minimum absolute atomic E-state index is 0.614. The van der Waals surface area contributed by atoms with Crippen LogP contribution in [0.2, 0.25) is 0 Å². The number of piperidine rings is 2. The van der Waals surface area contributed by atoms with Gasteiger partial charge in [0.05, 0.1) is 0 Å². The highest BCUT2D eigenvalue weighted by Gasteiger charge is 2.33. The zero-order valence-corrected chi connectivity index (χ0v) is 11.9. The van der Waals surface area contributed by atoms with E-state index in [0.717, 1.165) is 38.5 Å². The number of nitrogens with zero attached hydrogens (tertiary/aromatic N) is 2. The summed E-state index contributed by atoms with van der Waals surface area (Å²) in [5.74, 6) is 0.614. The minimum Gasteiger partial charge on any atom is -0.330 e. The van der Waals surface area contributed by atoms with Gasteiger partial charge in [0.1, 0.15) is 0 Å². The standard InChI is InChI=1S/C12H25N3O2S/c13-7-4-12-5-10-15(11-6-12)18(16,17)14-8-2-1-3-9-14/h12H,1-11,13H2. The maximum Gasteiger partial charge on any atom is 0.281 e. The topological polar surface area (TPSA) is 66.6 Å². The largest absolute Gasteiger partial charge is 0.330 e. The van der Waals surface area contributed by atoms with Crippen molar-refractivity contribution in [3.8, 4) is 0 Å². The smallest absolute Gasteiger partial charge is 0.281 e. The van der Waals surface area contributed by atoms with E-state index in [9.17, 15) is 8.42 Å². The van der Waals surface area contributed by atoms with Crippen LogP contribution in [-0.4, -0.2) is 49.8 Å². The summed E-state index contributed by atoms with van der Waals surface area (Å²) in [6.07, 6.45) is 6.11. The number of hydrogen-bond donors (Lipinski definition) is 1. The van der Waals surface area contributed by atoms with Crippen LogP contribution >= 0.6 is 0 Å². The van der Waals surface area contributed by atoms with Crippen LogP contribution in [0.3, 0.4) is 0 Å². The lowest BCUT2D eigenvalue weighted by atomic mass is 9.95. The molecule has 0 unspecified atom stereocenters. The van der Waals surface area contributed by atoms with Gasteiger partial charge in [0.25, 0.3) is 10.2 Å². The predicted molar refractivity (Wildman–Crippen MR) is 72.3 cm³/mol. The fraction of sp³-hybridized carbons (Fsp3) is 1.00. The van der Waals surface area contributed by atoms with Crippen molar-refractivity contribution < 1.29 is 8.42 Å². The maximum atomic E-state index is 12.4. The van der Waals surface area contributed by atoms with E-state index >= 15 is 0 Å². The van der Waals surface area contributed by atoms with E-state index < -0.39 is 10.2 Å². The van der Waals surface area contributed by atoms with Crippen LogP contribution in [0.15, 0.2) is 0 Å². The van der Waals surface area contributed by atoms with E-state index in [0.29, 0.717) is 38.6 Å². The SMILES string of the molecule is NCCC1CCN(S(=O)(=O)N2CCCCC2)CC1. The lowest BCUT2D eigenvalue weighted by molar-refractivity contribution is 0.240. The van der Waals surface area contributed by atoms with Crippen molar-refractivity contribution in [2.75, 3.05) is 32.7 Å². The number of rotatable bonds is 4. The van der Waals surface area contributed by atoms with Crippen LogP contribution in [0.4, 0.5) is 0 Å². The van der Waals surface area contributed by atoms with Crippen molar-refractivity contribution in [3.05, 3.63) is 0 Å². The molecule has 2 aliphatic rings. The third-order valence-electron chi connectivity index (χ3n) is 4.12.